The molecule has 11 heteroatoms. The van der Waals surface area contributed by atoms with Crippen LogP contribution in [0.2, 0.25) is 0 Å². The molecule has 11 nitrogen and oxygen atoms in total. The number of nitrogens with two attached hydrogens (primary N) is 1. The Morgan fingerprint density at radius 1 is 1.38 bits per heavy atom. The van der Waals surface area contributed by atoms with Crippen LogP contribution < -0.4 is 11.2 Å². The second-order valence-electron chi connectivity index (χ2n) is 6.54. The molecule has 1 aliphatic heterocycles. The maximum Gasteiger partial charge on any atom is 0.247 e. The number of aliphatic hydroxyl groups excluding tert-OH is 3. The van der Waals surface area contributed by atoms with Gasteiger partial charge < -0.3 is 25.8 Å². The quantitative estimate of drug-likeness (QED) is 0.334. The lowest BCUT2D eigenvalue weighted by Gasteiger charge is -2.16. The number of nitrogens with zero attached hydrogens (tertiary/aromatic N) is 5. The molecule has 0 spiro atoms. The zero-order valence-corrected chi connectivity index (χ0v) is 14.5. The third-order valence-electron chi connectivity index (χ3n) is 4.07. The maximum atomic E-state index is 10.2. The zero-order chi connectivity index (χ0) is 18.8. The Morgan fingerprint density at radius 2 is 2.15 bits per heavy atom. The highest BCUT2D eigenvalue weighted by Crippen LogP contribution is 2.32. The minimum absolute atomic E-state index is 0.141. The third-order valence-corrected chi connectivity index (χ3v) is 4.07. The van der Waals surface area contributed by atoms with E-state index >= 15 is 0 Å². The molecule has 6 N–H and O–H groups in total. The summed E-state index contributed by atoms with van der Waals surface area (Å²) in [6, 6.07) is 0. The van der Waals surface area contributed by atoms with Crippen LogP contribution in [0.15, 0.2) is 11.4 Å². The first-order valence-electron chi connectivity index (χ1n) is 8.32. The fourth-order valence-electron chi connectivity index (χ4n) is 2.65. The number of nitrogens with one attached hydrogen (secondary N) is 1. The fraction of sp³-hybridized carbons (Fsp3) is 0.600. The van der Waals surface area contributed by atoms with Crippen molar-refractivity contribution >= 4 is 29.1 Å². The van der Waals surface area contributed by atoms with Crippen LogP contribution in [0.1, 0.15) is 26.5 Å². The predicted octanol–water partition coefficient (Wildman–Crippen LogP) is -0.536. The number of fused-ring (bicyclic) bond motifs is 1. The van der Waals surface area contributed by atoms with Crippen molar-refractivity contribution < 1.29 is 20.1 Å². The van der Waals surface area contributed by atoms with Gasteiger partial charge in [-0.3, -0.25) is 4.57 Å². The highest BCUT2D eigenvalue weighted by atomic mass is 16.6. The van der Waals surface area contributed by atoms with Crippen LogP contribution in [-0.2, 0) is 4.74 Å². The molecular formula is C15H23N7O4. The molecule has 0 radical (unpaired) electrons. The topological polar surface area (TPSA) is 164 Å². The first kappa shape index (κ1) is 18.5. The molecule has 1 fully saturated rings. The number of hydrogen-bond acceptors (Lipinski definition) is 10. The molecule has 1 aliphatic rings. The molecule has 1 saturated heterocycles. The summed E-state index contributed by atoms with van der Waals surface area (Å²) in [5.41, 5.74) is 9.29. The average Bonchev–Trinajstić information content (AvgIpc) is 3.14. The number of ether oxygens (including phenoxy) is 1. The van der Waals surface area contributed by atoms with Crippen molar-refractivity contribution in [1.82, 2.24) is 19.5 Å². The van der Waals surface area contributed by atoms with Crippen LogP contribution in [-0.4, -0.2) is 66.0 Å². The molecule has 0 aromatic carbocycles. The summed E-state index contributed by atoms with van der Waals surface area (Å²) in [5, 5.41) is 33.4. The number of imidazole rings is 1. The van der Waals surface area contributed by atoms with E-state index in [9.17, 15) is 15.3 Å². The van der Waals surface area contributed by atoms with Gasteiger partial charge in [0.25, 0.3) is 0 Å². The lowest BCUT2D eigenvalue weighted by molar-refractivity contribution is -0.0511. The SMILES string of the molecule is CC(C)CC=NNc1nc(N)c2ncn([C@@H]3O[C@H](CO)[C@@H](O)[C@H]3O)c2n1. The van der Waals surface area contributed by atoms with E-state index in [0.29, 0.717) is 17.1 Å². The largest absolute Gasteiger partial charge is 0.394 e. The molecule has 0 saturated carbocycles. The van der Waals surface area contributed by atoms with Gasteiger partial charge in [0.2, 0.25) is 5.95 Å². The molecule has 3 heterocycles. The van der Waals surface area contributed by atoms with E-state index in [4.69, 9.17) is 10.5 Å². The van der Waals surface area contributed by atoms with E-state index in [1.807, 2.05) is 0 Å². The van der Waals surface area contributed by atoms with Gasteiger partial charge in [0.05, 0.1) is 12.9 Å². The van der Waals surface area contributed by atoms with Crippen LogP contribution in [0.5, 0.6) is 0 Å². The molecule has 142 valence electrons. The molecular weight excluding hydrogens is 342 g/mol. The van der Waals surface area contributed by atoms with E-state index in [0.717, 1.165) is 6.42 Å². The lowest BCUT2D eigenvalue weighted by atomic mass is 10.1. The zero-order valence-electron chi connectivity index (χ0n) is 14.5. The summed E-state index contributed by atoms with van der Waals surface area (Å²) in [7, 11) is 0. The van der Waals surface area contributed by atoms with Crippen molar-refractivity contribution in [2.75, 3.05) is 17.8 Å². The van der Waals surface area contributed by atoms with Gasteiger partial charge >= 0.3 is 0 Å². The minimum atomic E-state index is -1.25. The first-order chi connectivity index (χ1) is 12.4. The summed E-state index contributed by atoms with van der Waals surface area (Å²) >= 11 is 0. The second kappa shape index (κ2) is 7.50. The summed E-state index contributed by atoms with van der Waals surface area (Å²) in [6.07, 6.45) is -0.421. The van der Waals surface area contributed by atoms with Gasteiger partial charge in [-0.1, -0.05) is 13.8 Å². The van der Waals surface area contributed by atoms with Crippen molar-refractivity contribution in [3.8, 4) is 0 Å². The summed E-state index contributed by atoms with van der Waals surface area (Å²) in [4.78, 5) is 12.6. The number of hydrazone groups is 1. The summed E-state index contributed by atoms with van der Waals surface area (Å²) < 4.78 is 6.96. The number of hydrogen-bond donors (Lipinski definition) is 5. The molecule has 2 aromatic heterocycles. The normalized spacial score (nSPS) is 26.4. The predicted molar refractivity (Wildman–Crippen MR) is 94.3 cm³/mol. The van der Waals surface area contributed by atoms with Gasteiger partial charge in [-0.15, -0.1) is 0 Å². The van der Waals surface area contributed by atoms with Crippen molar-refractivity contribution in [3.63, 3.8) is 0 Å². The molecule has 0 amide bonds. The molecule has 0 unspecified atom stereocenters. The van der Waals surface area contributed by atoms with Crippen LogP contribution in [0.3, 0.4) is 0 Å². The Labute approximate surface area is 149 Å². The van der Waals surface area contributed by atoms with Crippen molar-refractivity contribution in [2.24, 2.45) is 11.0 Å². The Bertz CT molecular complexity index is 794. The van der Waals surface area contributed by atoms with Gasteiger partial charge in [-0.2, -0.15) is 15.1 Å². The van der Waals surface area contributed by atoms with Crippen LogP contribution in [0.25, 0.3) is 11.2 Å². The van der Waals surface area contributed by atoms with Crippen molar-refractivity contribution in [1.29, 1.82) is 0 Å². The Hall–Kier alpha value is -2.34. The molecule has 0 bridgehead atoms. The monoisotopic (exact) mass is 365 g/mol. The van der Waals surface area contributed by atoms with E-state index in [2.05, 4.69) is 39.3 Å². The third kappa shape index (κ3) is 3.46. The molecule has 3 rings (SSSR count). The first-order valence-corrected chi connectivity index (χ1v) is 8.32. The number of rotatable bonds is 6. The van der Waals surface area contributed by atoms with Gasteiger partial charge in [-0.25, -0.2) is 10.4 Å². The molecule has 0 aliphatic carbocycles. The number of anilines is 2. The van der Waals surface area contributed by atoms with Gasteiger partial charge in [0.15, 0.2) is 17.7 Å². The highest BCUT2D eigenvalue weighted by molar-refractivity contribution is 5.83. The summed E-state index contributed by atoms with van der Waals surface area (Å²) in [5.74, 6) is 0.785. The Morgan fingerprint density at radius 3 is 2.81 bits per heavy atom. The van der Waals surface area contributed by atoms with Crippen LogP contribution in [0.4, 0.5) is 11.8 Å². The molecule has 4 atom stereocenters. The van der Waals surface area contributed by atoms with E-state index < -0.39 is 31.1 Å². The van der Waals surface area contributed by atoms with Crippen LogP contribution in [0, 0.1) is 5.92 Å². The average molecular weight is 365 g/mol. The highest BCUT2D eigenvalue weighted by Gasteiger charge is 2.44. The summed E-state index contributed by atoms with van der Waals surface area (Å²) in [6.45, 7) is 3.73. The number of aromatic nitrogens is 4. The van der Waals surface area contributed by atoms with Crippen molar-refractivity contribution in [2.45, 2.75) is 44.8 Å². The number of nitrogen functional groups attached to an aromatic ring is 1. The fourth-order valence-corrected chi connectivity index (χ4v) is 2.65. The van der Waals surface area contributed by atoms with Gasteiger partial charge in [0.1, 0.15) is 23.8 Å². The molecule has 26 heavy (non-hydrogen) atoms. The van der Waals surface area contributed by atoms with Gasteiger partial charge in [-0.05, 0) is 12.3 Å². The van der Waals surface area contributed by atoms with Crippen molar-refractivity contribution in [3.05, 3.63) is 6.33 Å². The van der Waals surface area contributed by atoms with Crippen LogP contribution >= 0.6 is 0 Å². The number of aliphatic hydroxyl groups is 3. The van der Waals surface area contributed by atoms with E-state index in [1.165, 1.54) is 10.9 Å². The Kier molecular flexibility index (Phi) is 5.32. The molecule has 2 aromatic rings. The van der Waals surface area contributed by atoms with Gasteiger partial charge in [0, 0.05) is 6.21 Å². The smallest absolute Gasteiger partial charge is 0.247 e. The maximum absolute atomic E-state index is 10.2. The second-order valence-corrected chi connectivity index (χ2v) is 6.54. The van der Waals surface area contributed by atoms with E-state index in [1.54, 1.807) is 6.21 Å². The Balaban J connectivity index is 1.89. The van der Waals surface area contributed by atoms with E-state index in [-0.39, 0.29) is 11.8 Å². The minimum Gasteiger partial charge on any atom is -0.394 e. The lowest BCUT2D eigenvalue weighted by Crippen LogP contribution is -2.33. The standard InChI is InChI=1S/C15H23N7O4/c1-7(2)3-4-18-21-15-19-12(16)9-13(20-15)22(6-17-9)14-11(25)10(24)8(5-23)26-14/h4,6-8,10-11,14,23-25H,3,5H2,1-2H3,(H3,16,19,20,21)/t8-,10-,11-,14-/m1/s1.